The van der Waals surface area contributed by atoms with Crippen molar-refractivity contribution in [2.45, 2.75) is 57.7 Å². The lowest BCUT2D eigenvalue weighted by atomic mass is 9.82. The van der Waals surface area contributed by atoms with Crippen LogP contribution in [0.3, 0.4) is 0 Å². The number of aromatic nitrogens is 2. The first-order valence-electron chi connectivity index (χ1n) is 9.98. The molecular formula is C21H30ClN5O2. The van der Waals surface area contributed by atoms with Crippen LogP contribution in [-0.4, -0.2) is 39.0 Å². The number of primary amides is 1. The molecule has 1 aromatic heterocycles. The molecule has 29 heavy (non-hydrogen) atoms. The highest BCUT2D eigenvalue weighted by Gasteiger charge is 2.32. The smallest absolute Gasteiger partial charge is 0.254 e. The van der Waals surface area contributed by atoms with E-state index in [4.69, 9.17) is 17.3 Å². The average molecular weight is 420 g/mol. The molecule has 7 nitrogen and oxygen atoms in total. The fraction of sp³-hybridized carbons (Fsp3) is 0.524. The van der Waals surface area contributed by atoms with Crippen LogP contribution < -0.4 is 16.4 Å². The van der Waals surface area contributed by atoms with Gasteiger partial charge in [-0.2, -0.15) is 5.10 Å². The van der Waals surface area contributed by atoms with Crippen LogP contribution in [0.4, 0.5) is 11.5 Å². The maximum absolute atomic E-state index is 12.0. The van der Waals surface area contributed by atoms with E-state index < -0.39 is 5.91 Å². The fourth-order valence-corrected chi connectivity index (χ4v) is 4.13. The SMILES string of the molecule is C[C@H]1C[C@@H](NC(C)(C)CO)CCC1n1cc(C(N)=O)c(Nc2ccc(Cl)cc2)n1. The molecule has 5 N–H and O–H groups in total. The lowest BCUT2D eigenvalue weighted by molar-refractivity contribution is 0.100. The van der Waals surface area contributed by atoms with Gasteiger partial charge in [0, 0.05) is 28.5 Å². The number of carbonyl (C=O) groups is 1. The monoisotopic (exact) mass is 419 g/mol. The molecule has 1 heterocycles. The Morgan fingerprint density at radius 2 is 2.03 bits per heavy atom. The van der Waals surface area contributed by atoms with Crippen LogP contribution in [0.5, 0.6) is 0 Å². The normalized spacial score (nSPS) is 22.4. The highest BCUT2D eigenvalue weighted by Crippen LogP contribution is 2.35. The van der Waals surface area contributed by atoms with Crippen molar-refractivity contribution in [1.82, 2.24) is 15.1 Å². The van der Waals surface area contributed by atoms with E-state index in [1.165, 1.54) is 0 Å². The van der Waals surface area contributed by atoms with E-state index in [1.807, 2.05) is 30.7 Å². The van der Waals surface area contributed by atoms with Crippen molar-refractivity contribution >= 4 is 29.0 Å². The predicted octanol–water partition coefficient (Wildman–Crippen LogP) is 3.47. The molecule has 1 unspecified atom stereocenters. The van der Waals surface area contributed by atoms with E-state index in [-0.39, 0.29) is 18.2 Å². The number of nitrogens with zero attached hydrogens (tertiary/aromatic N) is 2. The van der Waals surface area contributed by atoms with Gasteiger partial charge < -0.3 is 21.5 Å². The second-order valence-corrected chi connectivity index (χ2v) is 9.04. The van der Waals surface area contributed by atoms with Crippen molar-refractivity contribution in [3.05, 3.63) is 41.0 Å². The third-order valence-electron chi connectivity index (χ3n) is 5.56. The van der Waals surface area contributed by atoms with Crippen LogP contribution in [-0.2, 0) is 0 Å². The number of aliphatic hydroxyl groups is 1. The molecule has 8 heteroatoms. The number of halogens is 1. The minimum Gasteiger partial charge on any atom is -0.394 e. The molecule has 0 spiro atoms. The van der Waals surface area contributed by atoms with Crippen molar-refractivity contribution in [2.75, 3.05) is 11.9 Å². The van der Waals surface area contributed by atoms with Gasteiger partial charge in [-0.25, -0.2) is 0 Å². The Morgan fingerprint density at radius 3 is 2.62 bits per heavy atom. The maximum atomic E-state index is 12.0. The van der Waals surface area contributed by atoms with Gasteiger partial charge in [-0.05, 0) is 63.3 Å². The summed E-state index contributed by atoms with van der Waals surface area (Å²) in [6.07, 6.45) is 4.62. The number of amides is 1. The Balaban J connectivity index is 1.75. The number of benzene rings is 1. The average Bonchev–Trinajstić information content (AvgIpc) is 3.07. The fourth-order valence-electron chi connectivity index (χ4n) is 4.01. The number of nitrogens with one attached hydrogen (secondary N) is 2. The number of anilines is 2. The van der Waals surface area contributed by atoms with Crippen molar-refractivity contribution < 1.29 is 9.90 Å². The number of carbonyl (C=O) groups excluding carboxylic acids is 1. The summed E-state index contributed by atoms with van der Waals surface area (Å²) in [4.78, 5) is 12.0. The number of hydrogen-bond donors (Lipinski definition) is 4. The molecule has 0 saturated heterocycles. The van der Waals surface area contributed by atoms with Crippen LogP contribution in [0, 0.1) is 5.92 Å². The molecule has 1 aromatic carbocycles. The Hall–Kier alpha value is -2.09. The molecule has 3 atom stereocenters. The molecule has 158 valence electrons. The molecule has 0 bridgehead atoms. The van der Waals surface area contributed by atoms with Gasteiger partial charge in [-0.1, -0.05) is 18.5 Å². The molecule has 1 saturated carbocycles. The zero-order chi connectivity index (χ0) is 21.2. The lowest BCUT2D eigenvalue weighted by Gasteiger charge is -2.38. The van der Waals surface area contributed by atoms with E-state index in [0.29, 0.717) is 28.4 Å². The molecule has 0 radical (unpaired) electrons. The molecule has 1 amide bonds. The van der Waals surface area contributed by atoms with E-state index in [2.05, 4.69) is 22.7 Å². The molecular weight excluding hydrogens is 390 g/mol. The summed E-state index contributed by atoms with van der Waals surface area (Å²) in [6.45, 7) is 6.31. The van der Waals surface area contributed by atoms with Gasteiger partial charge in [-0.3, -0.25) is 9.48 Å². The summed E-state index contributed by atoms with van der Waals surface area (Å²) in [7, 11) is 0. The standard InChI is InChI=1S/C21H30ClN5O2/c1-13-10-16(25-21(2,3)12-28)8-9-18(13)27-11-17(19(23)29)20(26-27)24-15-6-4-14(22)5-7-15/h4-7,11,13,16,18,25,28H,8-10,12H2,1-3H3,(H2,23,29)(H,24,26)/t13-,16-,18?/m0/s1. The van der Waals surface area contributed by atoms with Gasteiger partial charge in [0.15, 0.2) is 5.82 Å². The van der Waals surface area contributed by atoms with Gasteiger partial charge in [0.25, 0.3) is 5.91 Å². The van der Waals surface area contributed by atoms with E-state index in [0.717, 1.165) is 24.9 Å². The zero-order valence-corrected chi connectivity index (χ0v) is 17.9. The second-order valence-electron chi connectivity index (χ2n) is 8.61. The minimum atomic E-state index is -0.514. The molecule has 1 aliphatic carbocycles. The Bertz CT molecular complexity index is 849. The number of nitrogens with two attached hydrogens (primary N) is 1. The highest BCUT2D eigenvalue weighted by atomic mass is 35.5. The van der Waals surface area contributed by atoms with Gasteiger partial charge >= 0.3 is 0 Å². The lowest BCUT2D eigenvalue weighted by Crippen LogP contribution is -2.50. The number of rotatable bonds is 7. The summed E-state index contributed by atoms with van der Waals surface area (Å²) in [5.41, 5.74) is 6.45. The van der Waals surface area contributed by atoms with Gasteiger partial charge in [-0.15, -0.1) is 0 Å². The van der Waals surface area contributed by atoms with Crippen LogP contribution in [0.1, 0.15) is 56.4 Å². The van der Waals surface area contributed by atoms with Crippen LogP contribution in [0.25, 0.3) is 0 Å². The third kappa shape index (κ3) is 5.29. The van der Waals surface area contributed by atoms with Crippen molar-refractivity contribution in [3.63, 3.8) is 0 Å². The molecule has 3 rings (SSSR count). The zero-order valence-electron chi connectivity index (χ0n) is 17.2. The molecule has 2 aromatic rings. The van der Waals surface area contributed by atoms with Gasteiger partial charge in [0.2, 0.25) is 0 Å². The Kier molecular flexibility index (Phi) is 6.51. The van der Waals surface area contributed by atoms with Crippen molar-refractivity contribution in [3.8, 4) is 0 Å². The van der Waals surface area contributed by atoms with Gasteiger partial charge in [0.1, 0.15) is 5.56 Å². The minimum absolute atomic E-state index is 0.0994. The number of hydrogen-bond acceptors (Lipinski definition) is 5. The summed E-state index contributed by atoms with van der Waals surface area (Å²) < 4.78 is 1.87. The second kappa shape index (κ2) is 8.73. The van der Waals surface area contributed by atoms with E-state index in [9.17, 15) is 9.90 Å². The summed E-state index contributed by atoms with van der Waals surface area (Å²) >= 11 is 5.94. The molecule has 1 fully saturated rings. The largest absolute Gasteiger partial charge is 0.394 e. The predicted molar refractivity (Wildman–Crippen MR) is 116 cm³/mol. The maximum Gasteiger partial charge on any atom is 0.254 e. The first-order chi connectivity index (χ1) is 13.7. The van der Waals surface area contributed by atoms with E-state index >= 15 is 0 Å². The topological polar surface area (TPSA) is 105 Å². The van der Waals surface area contributed by atoms with Gasteiger partial charge in [0.05, 0.1) is 12.6 Å². The first kappa shape index (κ1) is 21.6. The number of aliphatic hydroxyl groups excluding tert-OH is 1. The quantitative estimate of drug-likeness (QED) is 0.550. The van der Waals surface area contributed by atoms with E-state index in [1.54, 1.807) is 18.3 Å². The first-order valence-corrected chi connectivity index (χ1v) is 10.4. The van der Waals surface area contributed by atoms with Crippen LogP contribution >= 0.6 is 11.6 Å². The van der Waals surface area contributed by atoms with Crippen molar-refractivity contribution in [2.24, 2.45) is 11.7 Å². The summed E-state index contributed by atoms with van der Waals surface area (Å²) in [5, 5.41) is 21.5. The Morgan fingerprint density at radius 1 is 1.34 bits per heavy atom. The van der Waals surface area contributed by atoms with Crippen LogP contribution in [0.15, 0.2) is 30.5 Å². The molecule has 1 aliphatic rings. The third-order valence-corrected chi connectivity index (χ3v) is 5.81. The molecule has 0 aliphatic heterocycles. The summed E-state index contributed by atoms with van der Waals surface area (Å²) in [5.74, 6) is 0.300. The Labute approximate surface area is 176 Å². The highest BCUT2D eigenvalue weighted by molar-refractivity contribution is 6.30. The van der Waals surface area contributed by atoms with Crippen LogP contribution in [0.2, 0.25) is 5.02 Å². The summed E-state index contributed by atoms with van der Waals surface area (Å²) in [6, 6.07) is 7.73. The van der Waals surface area contributed by atoms with Crippen molar-refractivity contribution in [1.29, 1.82) is 0 Å².